The summed E-state index contributed by atoms with van der Waals surface area (Å²) in [7, 11) is -3.08. The number of hydrogen-bond donors (Lipinski definition) is 0. The van der Waals surface area contributed by atoms with Gasteiger partial charge in [-0.25, -0.2) is 0 Å². The molecule has 0 radical (unpaired) electrons. The predicted molar refractivity (Wildman–Crippen MR) is 146 cm³/mol. The van der Waals surface area contributed by atoms with E-state index in [0.717, 1.165) is 45.1 Å². The Kier molecular flexibility index (Phi) is 13.9. The van der Waals surface area contributed by atoms with Crippen LogP contribution >= 0.6 is 0 Å². The second-order valence-electron chi connectivity index (χ2n) is 10.1. The molecule has 0 bridgehead atoms. The maximum Gasteiger partial charge on any atom is 0.192 e. The molecule has 0 aliphatic carbocycles. The van der Waals surface area contributed by atoms with Crippen LogP contribution in [0.15, 0.2) is 24.3 Å². The van der Waals surface area contributed by atoms with E-state index in [1.807, 2.05) is 0 Å². The van der Waals surface area contributed by atoms with E-state index in [1.165, 1.54) is 47.4 Å². The molecule has 0 amide bonds. The molecule has 188 valence electrons. The van der Waals surface area contributed by atoms with E-state index in [2.05, 4.69) is 61.6 Å². The molecule has 0 N–H and O–H groups in total. The van der Waals surface area contributed by atoms with Crippen LogP contribution in [-0.4, -0.2) is 41.6 Å². The molecule has 1 aliphatic heterocycles. The molecule has 2 unspecified atom stereocenters. The second kappa shape index (κ2) is 14.9. The van der Waals surface area contributed by atoms with Crippen molar-refractivity contribution in [1.82, 2.24) is 0 Å². The topological polar surface area (TPSA) is 27.7 Å². The van der Waals surface area contributed by atoms with Crippen LogP contribution < -0.4 is 0 Å². The fourth-order valence-corrected chi connectivity index (χ4v) is 10.8. The molecular formula is C27H54O3Si2. The zero-order chi connectivity index (χ0) is 24.2. The summed E-state index contributed by atoms with van der Waals surface area (Å²) in [6.45, 7) is 25.4. The first-order valence-corrected chi connectivity index (χ1v) is 18.6. The van der Waals surface area contributed by atoms with Crippen LogP contribution in [0.2, 0.25) is 36.3 Å². The molecule has 5 heteroatoms. The van der Waals surface area contributed by atoms with E-state index < -0.39 is 16.6 Å². The molecular weight excluding hydrogens is 428 g/mol. The summed E-state index contributed by atoms with van der Waals surface area (Å²) in [5, 5.41) is 0. The van der Waals surface area contributed by atoms with Gasteiger partial charge in [-0.15, -0.1) is 6.58 Å². The van der Waals surface area contributed by atoms with Crippen molar-refractivity contribution in [2.24, 2.45) is 0 Å². The fraction of sp³-hybridized carbons (Fsp3) is 0.852. The van der Waals surface area contributed by atoms with Gasteiger partial charge in [0.05, 0.1) is 12.2 Å². The molecule has 1 heterocycles. The van der Waals surface area contributed by atoms with Gasteiger partial charge in [-0.05, 0) is 87.3 Å². The molecule has 32 heavy (non-hydrogen) atoms. The molecule has 0 aromatic heterocycles. The van der Waals surface area contributed by atoms with Gasteiger partial charge in [-0.3, -0.25) is 0 Å². The summed E-state index contributed by atoms with van der Waals surface area (Å²) < 4.78 is 19.7. The Morgan fingerprint density at radius 3 is 2.03 bits per heavy atom. The van der Waals surface area contributed by atoms with Crippen LogP contribution in [-0.2, 0) is 13.6 Å². The molecule has 1 rings (SSSR count). The lowest BCUT2D eigenvalue weighted by molar-refractivity contribution is 0.0320. The molecule has 1 fully saturated rings. The van der Waals surface area contributed by atoms with Crippen molar-refractivity contribution in [2.75, 3.05) is 6.61 Å². The zero-order valence-electron chi connectivity index (χ0n) is 22.6. The van der Waals surface area contributed by atoms with Crippen LogP contribution in [0.3, 0.4) is 0 Å². The van der Waals surface area contributed by atoms with E-state index >= 15 is 0 Å². The lowest BCUT2D eigenvalue weighted by atomic mass is 10.00. The first-order chi connectivity index (χ1) is 15.2. The van der Waals surface area contributed by atoms with Crippen LogP contribution in [0.5, 0.6) is 0 Å². The van der Waals surface area contributed by atoms with E-state index in [4.69, 9.17) is 13.6 Å². The van der Waals surface area contributed by atoms with E-state index in [0.29, 0.717) is 6.10 Å². The van der Waals surface area contributed by atoms with Crippen molar-refractivity contribution in [1.29, 1.82) is 0 Å². The maximum atomic E-state index is 6.84. The van der Waals surface area contributed by atoms with Gasteiger partial charge < -0.3 is 13.6 Å². The number of rotatable bonds is 18. The lowest BCUT2D eigenvalue weighted by Gasteiger charge is -2.34. The predicted octanol–water partition coefficient (Wildman–Crippen LogP) is 8.64. The van der Waals surface area contributed by atoms with Gasteiger partial charge in [0.25, 0.3) is 0 Å². The Balaban J connectivity index is 2.53. The van der Waals surface area contributed by atoms with Gasteiger partial charge in [0.15, 0.2) is 16.6 Å². The van der Waals surface area contributed by atoms with Gasteiger partial charge in [0.1, 0.15) is 0 Å². The SMILES string of the molecule is C=C(C)C[C@H](CCC1OC(CCCO[Si](CC)(CC)CC)CC1=C)O[Si](CC)(CC)CC. The van der Waals surface area contributed by atoms with Gasteiger partial charge in [-0.2, -0.15) is 0 Å². The lowest BCUT2D eigenvalue weighted by Crippen LogP contribution is -2.40. The normalized spacial score (nSPS) is 20.7. The Morgan fingerprint density at radius 2 is 1.53 bits per heavy atom. The van der Waals surface area contributed by atoms with Crippen molar-refractivity contribution < 1.29 is 13.6 Å². The first-order valence-electron chi connectivity index (χ1n) is 13.5. The van der Waals surface area contributed by atoms with Crippen molar-refractivity contribution >= 4 is 16.6 Å². The Labute approximate surface area is 202 Å². The molecule has 0 spiro atoms. The molecule has 3 nitrogen and oxygen atoms in total. The number of hydrogen-bond acceptors (Lipinski definition) is 3. The average Bonchev–Trinajstić information content (AvgIpc) is 3.15. The molecule has 3 atom stereocenters. The minimum Gasteiger partial charge on any atom is -0.417 e. The molecule has 0 saturated carbocycles. The van der Waals surface area contributed by atoms with Crippen LogP contribution in [0.25, 0.3) is 0 Å². The minimum absolute atomic E-state index is 0.188. The summed E-state index contributed by atoms with van der Waals surface area (Å²) in [5.41, 5.74) is 2.49. The third-order valence-corrected chi connectivity index (χ3v) is 17.4. The zero-order valence-corrected chi connectivity index (χ0v) is 24.6. The molecule has 1 saturated heterocycles. The van der Waals surface area contributed by atoms with Crippen LogP contribution in [0, 0.1) is 0 Å². The average molecular weight is 483 g/mol. The van der Waals surface area contributed by atoms with Crippen LogP contribution in [0.1, 0.15) is 87.0 Å². The summed E-state index contributed by atoms with van der Waals surface area (Å²) in [6.07, 6.45) is 6.98. The molecule has 0 aromatic rings. The monoisotopic (exact) mass is 482 g/mol. The molecule has 1 aliphatic rings. The highest BCUT2D eigenvalue weighted by Gasteiger charge is 2.34. The summed E-state index contributed by atoms with van der Waals surface area (Å²) in [4.78, 5) is 0. The van der Waals surface area contributed by atoms with Crippen molar-refractivity contribution in [3.63, 3.8) is 0 Å². The standard InChI is InChI=1S/C27H54O3Si2/c1-10-31(11-2,12-3)28-20-16-17-25-22-24(9)27(29-25)19-18-26(21-23(7)8)30-32(13-4,14-5)15-6/h25-27H,7,9-22H2,1-6,8H3/t25?,26-,27?/m0/s1. The summed E-state index contributed by atoms with van der Waals surface area (Å²) in [6, 6.07) is 7.27. The van der Waals surface area contributed by atoms with Crippen molar-refractivity contribution in [2.45, 2.75) is 142 Å². The third kappa shape index (κ3) is 9.21. The quantitative estimate of drug-likeness (QED) is 0.111. The van der Waals surface area contributed by atoms with E-state index in [1.54, 1.807) is 0 Å². The van der Waals surface area contributed by atoms with Gasteiger partial charge in [0, 0.05) is 12.7 Å². The van der Waals surface area contributed by atoms with Crippen LogP contribution in [0.4, 0.5) is 0 Å². The second-order valence-corrected chi connectivity index (χ2v) is 19.6. The van der Waals surface area contributed by atoms with Crippen molar-refractivity contribution in [3.05, 3.63) is 24.3 Å². The Bertz CT molecular complexity index is 539. The summed E-state index contributed by atoms with van der Waals surface area (Å²) in [5.74, 6) is 0. The van der Waals surface area contributed by atoms with E-state index in [9.17, 15) is 0 Å². The smallest absolute Gasteiger partial charge is 0.192 e. The molecule has 0 aromatic carbocycles. The highest BCUT2D eigenvalue weighted by molar-refractivity contribution is 6.74. The minimum atomic E-state index is -1.62. The third-order valence-electron chi connectivity index (χ3n) is 7.99. The van der Waals surface area contributed by atoms with Gasteiger partial charge in [-0.1, -0.05) is 53.7 Å². The first kappa shape index (κ1) is 29.8. The Hall–Kier alpha value is -0.206. The largest absolute Gasteiger partial charge is 0.417 e. The van der Waals surface area contributed by atoms with E-state index in [-0.39, 0.29) is 12.2 Å². The van der Waals surface area contributed by atoms with Gasteiger partial charge in [0.2, 0.25) is 0 Å². The van der Waals surface area contributed by atoms with Gasteiger partial charge >= 0.3 is 0 Å². The number of ether oxygens (including phenoxy) is 1. The highest BCUT2D eigenvalue weighted by Crippen LogP contribution is 2.33. The Morgan fingerprint density at radius 1 is 0.969 bits per heavy atom. The highest BCUT2D eigenvalue weighted by atomic mass is 28.4. The summed E-state index contributed by atoms with van der Waals surface area (Å²) >= 11 is 0. The fourth-order valence-electron chi connectivity index (χ4n) is 5.18. The van der Waals surface area contributed by atoms with Crippen molar-refractivity contribution in [3.8, 4) is 0 Å². The maximum absolute atomic E-state index is 6.84.